The summed E-state index contributed by atoms with van der Waals surface area (Å²) < 4.78 is 0. The third kappa shape index (κ3) is 4.68. The van der Waals surface area contributed by atoms with Crippen LogP contribution in [0.3, 0.4) is 0 Å². The lowest BCUT2D eigenvalue weighted by Crippen LogP contribution is -2.60. The van der Waals surface area contributed by atoms with Gasteiger partial charge in [-0.15, -0.1) is 0 Å². The maximum Gasteiger partial charge on any atom is 0.161 e. The zero-order valence-electron chi connectivity index (χ0n) is 30.7. The zero-order valence-corrected chi connectivity index (χ0v) is 30.7. The van der Waals surface area contributed by atoms with Crippen LogP contribution in [0.4, 0.5) is 0 Å². The summed E-state index contributed by atoms with van der Waals surface area (Å²) in [6.45, 7) is 11.7. The molecule has 6 fully saturated rings. The molecular formula is C42H58O7. The van der Waals surface area contributed by atoms with E-state index in [-0.39, 0.29) is 63.6 Å². The van der Waals surface area contributed by atoms with Crippen LogP contribution in [-0.2, 0) is 24.0 Å². The summed E-state index contributed by atoms with van der Waals surface area (Å²) in [6, 6.07) is 0. The van der Waals surface area contributed by atoms with Gasteiger partial charge in [0.05, 0.1) is 0 Å². The van der Waals surface area contributed by atoms with E-state index in [9.17, 15) is 34.2 Å². The molecule has 49 heavy (non-hydrogen) atoms. The number of allylic oxidation sites excluding steroid dienone is 2. The maximum atomic E-state index is 13.3. The van der Waals surface area contributed by atoms with Gasteiger partial charge >= 0.3 is 0 Å². The molecule has 0 amide bonds. The van der Waals surface area contributed by atoms with Crippen molar-refractivity contribution in [1.82, 2.24) is 0 Å². The number of carbonyl (C=O) groups excluding carboxylic acids is 5. The highest BCUT2D eigenvalue weighted by molar-refractivity contribution is 5.94. The van der Waals surface area contributed by atoms with Gasteiger partial charge in [-0.05, 0) is 143 Å². The SMILES string of the molecule is CC(=O)[C@@]1(O)CC[C@H]2[C@@H]3CCC4=CC(=O)CC[C@]4(C)[C@H]3C(=O)C[C@@]21C.CC(=O)[C@@]1(O)CC[C@H]2[C@@H]3CCC4=CC(=O)CC[C@]4(C)[C@H]3CC[C@@]21C. The second-order valence-corrected chi connectivity index (χ2v) is 18.7. The van der Waals surface area contributed by atoms with Crippen LogP contribution in [-0.4, -0.2) is 50.3 Å². The minimum atomic E-state index is -1.36. The van der Waals surface area contributed by atoms with E-state index < -0.39 is 16.6 Å². The minimum absolute atomic E-state index is 0.0446. The predicted molar refractivity (Wildman–Crippen MR) is 185 cm³/mol. The second-order valence-electron chi connectivity index (χ2n) is 18.7. The highest BCUT2D eigenvalue weighted by Crippen LogP contribution is 2.68. The molecule has 7 heteroatoms. The van der Waals surface area contributed by atoms with Crippen LogP contribution in [0.1, 0.15) is 138 Å². The molecule has 7 nitrogen and oxygen atoms in total. The van der Waals surface area contributed by atoms with Crippen LogP contribution in [0, 0.1) is 57.2 Å². The molecule has 0 heterocycles. The van der Waals surface area contributed by atoms with Gasteiger partial charge < -0.3 is 10.2 Å². The standard InChI is InChI=1S/C21H28O4.C21H30O3/c1-12(22)21(25)9-7-16-15-5-4-13-10-14(23)6-8-19(13,2)18(15)17(24)11-20(16,21)3;1-13(22)21(24)11-8-18-16-5-4-14-12-15(23)6-9-19(14,2)17(16)7-10-20(18,21)3/h10,15-16,18,25H,4-9,11H2,1-3H3;12,16-18,24H,4-11H2,1-3H3/t15-,16-,18+,19-,20-,21-;16-,17+,18+,19+,20+,21+/m01/s1. The molecule has 12 atom stereocenters. The first kappa shape index (κ1) is 35.2. The topological polar surface area (TPSA) is 126 Å². The first-order chi connectivity index (χ1) is 22.9. The van der Waals surface area contributed by atoms with Crippen molar-refractivity contribution in [2.24, 2.45) is 57.2 Å². The van der Waals surface area contributed by atoms with Crippen LogP contribution in [0.5, 0.6) is 0 Å². The Labute approximate surface area is 292 Å². The quantitative estimate of drug-likeness (QED) is 0.328. The molecule has 268 valence electrons. The Morgan fingerprint density at radius 2 is 1.06 bits per heavy atom. The summed E-state index contributed by atoms with van der Waals surface area (Å²) >= 11 is 0. The van der Waals surface area contributed by atoms with Gasteiger partial charge in [-0.25, -0.2) is 0 Å². The first-order valence-corrected chi connectivity index (χ1v) is 19.3. The third-order valence-corrected chi connectivity index (χ3v) is 17.1. The summed E-state index contributed by atoms with van der Waals surface area (Å²) in [5.74, 6) is 2.44. The minimum Gasteiger partial charge on any atom is -0.382 e. The van der Waals surface area contributed by atoms with E-state index in [2.05, 4.69) is 20.8 Å². The lowest BCUT2D eigenvalue weighted by Gasteiger charge is -2.58. The summed E-state index contributed by atoms with van der Waals surface area (Å²) in [5.41, 5.74) is -0.909. The normalized spacial score (nSPS) is 49.8. The molecule has 8 aliphatic rings. The fourth-order valence-electron chi connectivity index (χ4n) is 14.1. The Hall–Kier alpha value is -2.25. The molecule has 0 spiro atoms. The zero-order chi connectivity index (χ0) is 35.5. The molecule has 0 radical (unpaired) electrons. The number of ketones is 5. The number of carbonyl (C=O) groups is 5. The lowest BCUT2D eigenvalue weighted by atomic mass is 9.46. The average Bonchev–Trinajstić information content (AvgIpc) is 3.48. The summed E-state index contributed by atoms with van der Waals surface area (Å²) in [7, 11) is 0. The van der Waals surface area contributed by atoms with Gasteiger partial charge in [-0.1, -0.05) is 38.8 Å². The molecule has 6 saturated carbocycles. The van der Waals surface area contributed by atoms with Gasteiger partial charge in [0.1, 0.15) is 17.0 Å². The Bertz CT molecular complexity index is 1570. The summed E-state index contributed by atoms with van der Waals surface area (Å²) in [6.07, 6.45) is 15.8. The number of rotatable bonds is 2. The highest BCUT2D eigenvalue weighted by atomic mass is 16.3. The van der Waals surface area contributed by atoms with Gasteiger partial charge in [0.25, 0.3) is 0 Å². The molecule has 2 N–H and O–H groups in total. The number of hydrogen-bond acceptors (Lipinski definition) is 7. The van der Waals surface area contributed by atoms with Crippen molar-refractivity contribution in [2.45, 2.75) is 149 Å². The van der Waals surface area contributed by atoms with Crippen molar-refractivity contribution < 1.29 is 34.2 Å². The van der Waals surface area contributed by atoms with E-state index in [4.69, 9.17) is 0 Å². The smallest absolute Gasteiger partial charge is 0.161 e. The Kier molecular flexibility index (Phi) is 8.16. The number of fused-ring (bicyclic) bond motifs is 10. The van der Waals surface area contributed by atoms with Crippen molar-refractivity contribution in [3.05, 3.63) is 23.3 Å². The highest BCUT2D eigenvalue weighted by Gasteiger charge is 2.68. The monoisotopic (exact) mass is 674 g/mol. The predicted octanol–water partition coefficient (Wildman–Crippen LogP) is 6.86. The van der Waals surface area contributed by atoms with Crippen molar-refractivity contribution >= 4 is 28.9 Å². The van der Waals surface area contributed by atoms with Crippen LogP contribution in [0.2, 0.25) is 0 Å². The summed E-state index contributed by atoms with van der Waals surface area (Å²) in [4.78, 5) is 61.5. The molecule has 0 bridgehead atoms. The third-order valence-electron chi connectivity index (χ3n) is 17.1. The Morgan fingerprint density at radius 3 is 1.63 bits per heavy atom. The van der Waals surface area contributed by atoms with E-state index in [0.717, 1.165) is 69.8 Å². The van der Waals surface area contributed by atoms with Crippen molar-refractivity contribution in [3.8, 4) is 0 Å². The molecule has 0 saturated heterocycles. The number of hydrogen-bond donors (Lipinski definition) is 2. The van der Waals surface area contributed by atoms with E-state index >= 15 is 0 Å². The van der Waals surface area contributed by atoms with Crippen molar-refractivity contribution in [2.75, 3.05) is 0 Å². The molecule has 0 aromatic carbocycles. The number of aliphatic hydroxyl groups is 2. The fraction of sp³-hybridized carbons (Fsp3) is 0.786. The first-order valence-electron chi connectivity index (χ1n) is 19.3. The van der Waals surface area contributed by atoms with Crippen LogP contribution >= 0.6 is 0 Å². The van der Waals surface area contributed by atoms with Crippen molar-refractivity contribution in [1.29, 1.82) is 0 Å². The largest absolute Gasteiger partial charge is 0.382 e. The molecule has 8 rings (SSSR count). The maximum absolute atomic E-state index is 13.3. The lowest BCUT2D eigenvalue weighted by molar-refractivity contribution is -0.167. The van der Waals surface area contributed by atoms with Gasteiger partial charge in [-0.3, -0.25) is 24.0 Å². The van der Waals surface area contributed by atoms with E-state index in [1.807, 2.05) is 13.0 Å². The van der Waals surface area contributed by atoms with Gasteiger partial charge in [0.2, 0.25) is 0 Å². The van der Waals surface area contributed by atoms with Gasteiger partial charge in [-0.2, -0.15) is 0 Å². The Morgan fingerprint density at radius 1 is 0.592 bits per heavy atom. The molecule has 8 aliphatic carbocycles. The van der Waals surface area contributed by atoms with E-state index in [1.54, 1.807) is 13.0 Å². The summed E-state index contributed by atoms with van der Waals surface area (Å²) in [5, 5.41) is 22.2. The molecular weight excluding hydrogens is 616 g/mol. The van der Waals surface area contributed by atoms with Gasteiger partial charge in [0.15, 0.2) is 23.1 Å². The van der Waals surface area contributed by atoms with E-state index in [1.165, 1.54) is 12.5 Å². The van der Waals surface area contributed by atoms with Gasteiger partial charge in [0, 0.05) is 36.0 Å². The second kappa shape index (κ2) is 11.4. The van der Waals surface area contributed by atoms with Crippen LogP contribution in [0.25, 0.3) is 0 Å². The molecule has 0 unspecified atom stereocenters. The fourth-order valence-corrected chi connectivity index (χ4v) is 14.1. The van der Waals surface area contributed by atoms with Crippen LogP contribution < -0.4 is 0 Å². The molecule has 0 aliphatic heterocycles. The van der Waals surface area contributed by atoms with Crippen LogP contribution in [0.15, 0.2) is 23.3 Å². The number of Topliss-reactive ketones (excluding diaryl/α,β-unsaturated/α-hetero) is 3. The van der Waals surface area contributed by atoms with E-state index in [0.29, 0.717) is 49.2 Å². The molecule has 0 aromatic heterocycles. The Balaban J connectivity index is 0.000000154. The van der Waals surface area contributed by atoms with Crippen molar-refractivity contribution in [3.63, 3.8) is 0 Å². The average molecular weight is 675 g/mol. The molecule has 0 aromatic rings.